The van der Waals surface area contributed by atoms with Crippen LogP contribution >= 0.6 is 0 Å². The summed E-state index contributed by atoms with van der Waals surface area (Å²) in [5, 5.41) is 0. The Bertz CT molecular complexity index is 314. The van der Waals surface area contributed by atoms with Gasteiger partial charge in [0, 0.05) is 5.70 Å². The van der Waals surface area contributed by atoms with E-state index in [9.17, 15) is 0 Å². The van der Waals surface area contributed by atoms with Gasteiger partial charge in [-0.15, -0.1) is 0 Å². The SMILES string of the molecule is C=C/C=C(C(=C)/C(N)=C/C)\C(C)=C/C. The average molecular weight is 189 g/mol. The largest absolute Gasteiger partial charge is 0.399 e. The number of hydrogen-bond donors (Lipinski definition) is 1. The molecule has 0 heterocycles. The topological polar surface area (TPSA) is 26.0 Å². The van der Waals surface area contributed by atoms with E-state index in [1.807, 2.05) is 39.0 Å². The number of allylic oxidation sites excluding steroid dienone is 6. The second kappa shape index (κ2) is 6.03. The summed E-state index contributed by atoms with van der Waals surface area (Å²) in [5.41, 5.74) is 9.55. The molecule has 0 saturated heterocycles. The molecule has 0 bridgehead atoms. The van der Waals surface area contributed by atoms with Crippen LogP contribution in [0.15, 0.2) is 59.9 Å². The molecule has 0 aliphatic heterocycles. The molecule has 0 aliphatic rings. The van der Waals surface area contributed by atoms with Crippen LogP contribution in [0.25, 0.3) is 0 Å². The zero-order valence-electron chi connectivity index (χ0n) is 9.30. The fourth-order valence-corrected chi connectivity index (χ4v) is 1.07. The smallest absolute Gasteiger partial charge is 0.0344 e. The highest BCUT2D eigenvalue weighted by Gasteiger charge is 2.05. The second-order valence-corrected chi connectivity index (χ2v) is 3.01. The predicted octanol–water partition coefficient (Wildman–Crippen LogP) is 3.48. The van der Waals surface area contributed by atoms with E-state index in [-0.39, 0.29) is 0 Å². The Kier molecular flexibility index (Phi) is 5.38. The first-order chi connectivity index (χ1) is 6.58. The predicted molar refractivity (Wildman–Crippen MR) is 64.8 cm³/mol. The van der Waals surface area contributed by atoms with Gasteiger partial charge in [-0.2, -0.15) is 0 Å². The molecule has 0 aliphatic carbocycles. The second-order valence-electron chi connectivity index (χ2n) is 3.01. The molecule has 0 amide bonds. The van der Waals surface area contributed by atoms with Crippen molar-refractivity contribution in [2.24, 2.45) is 5.73 Å². The maximum atomic E-state index is 5.80. The van der Waals surface area contributed by atoms with Crippen molar-refractivity contribution in [2.75, 3.05) is 0 Å². The summed E-state index contributed by atoms with van der Waals surface area (Å²) in [4.78, 5) is 0. The van der Waals surface area contributed by atoms with Crippen LogP contribution in [-0.4, -0.2) is 0 Å². The lowest BCUT2D eigenvalue weighted by Gasteiger charge is -2.11. The fraction of sp³-hybridized carbons (Fsp3) is 0.231. The maximum absolute atomic E-state index is 5.80. The van der Waals surface area contributed by atoms with Crippen molar-refractivity contribution in [2.45, 2.75) is 20.8 Å². The number of hydrogen-bond acceptors (Lipinski definition) is 1. The third kappa shape index (κ3) is 3.09. The van der Waals surface area contributed by atoms with Crippen molar-refractivity contribution >= 4 is 0 Å². The molecule has 0 unspecified atom stereocenters. The molecule has 0 atom stereocenters. The van der Waals surface area contributed by atoms with Crippen molar-refractivity contribution in [1.29, 1.82) is 0 Å². The van der Waals surface area contributed by atoms with Crippen LogP contribution in [0.2, 0.25) is 0 Å². The Morgan fingerprint density at radius 3 is 2.14 bits per heavy atom. The van der Waals surface area contributed by atoms with Gasteiger partial charge in [-0.05, 0) is 37.5 Å². The number of nitrogens with two attached hydrogens (primary N) is 1. The van der Waals surface area contributed by atoms with E-state index in [2.05, 4.69) is 13.2 Å². The summed E-state index contributed by atoms with van der Waals surface area (Å²) in [6.45, 7) is 13.6. The van der Waals surface area contributed by atoms with Gasteiger partial charge in [0.15, 0.2) is 0 Å². The Balaban J connectivity index is 5.16. The van der Waals surface area contributed by atoms with Gasteiger partial charge in [0.25, 0.3) is 0 Å². The van der Waals surface area contributed by atoms with E-state index in [1.54, 1.807) is 6.08 Å². The molecular weight excluding hydrogens is 170 g/mol. The third-order valence-corrected chi connectivity index (χ3v) is 2.13. The highest BCUT2D eigenvalue weighted by molar-refractivity contribution is 5.53. The van der Waals surface area contributed by atoms with Gasteiger partial charge >= 0.3 is 0 Å². The highest BCUT2D eigenvalue weighted by Crippen LogP contribution is 2.21. The van der Waals surface area contributed by atoms with Gasteiger partial charge in [-0.25, -0.2) is 0 Å². The summed E-state index contributed by atoms with van der Waals surface area (Å²) in [6.07, 6.45) is 7.55. The molecular formula is C13H19N. The Hall–Kier alpha value is -1.50. The Labute approximate surface area is 87.0 Å². The van der Waals surface area contributed by atoms with Gasteiger partial charge in [-0.3, -0.25) is 0 Å². The van der Waals surface area contributed by atoms with E-state index >= 15 is 0 Å². The lowest BCUT2D eigenvalue weighted by molar-refractivity contribution is 1.26. The lowest BCUT2D eigenvalue weighted by Crippen LogP contribution is -2.03. The summed E-state index contributed by atoms with van der Waals surface area (Å²) in [6, 6.07) is 0. The molecule has 0 spiro atoms. The summed E-state index contributed by atoms with van der Waals surface area (Å²) >= 11 is 0. The van der Waals surface area contributed by atoms with Gasteiger partial charge in [0.1, 0.15) is 0 Å². The van der Waals surface area contributed by atoms with Gasteiger partial charge in [0.05, 0.1) is 0 Å². The van der Waals surface area contributed by atoms with Crippen LogP contribution in [0.5, 0.6) is 0 Å². The van der Waals surface area contributed by atoms with Crippen LogP contribution in [-0.2, 0) is 0 Å². The standard InChI is InChI=1S/C13H19N/c1-6-9-12(10(4)7-2)11(5)13(14)8-3/h6-9H,1,5,14H2,2-4H3/b10-7-,12-9+,13-8-. The molecule has 14 heavy (non-hydrogen) atoms. The zero-order valence-corrected chi connectivity index (χ0v) is 9.30. The van der Waals surface area contributed by atoms with Gasteiger partial charge in [0.2, 0.25) is 0 Å². The monoisotopic (exact) mass is 189 g/mol. The summed E-state index contributed by atoms with van der Waals surface area (Å²) in [7, 11) is 0. The molecule has 0 fully saturated rings. The fourth-order valence-electron chi connectivity index (χ4n) is 1.07. The van der Waals surface area contributed by atoms with Crippen molar-refractivity contribution < 1.29 is 0 Å². The summed E-state index contributed by atoms with van der Waals surface area (Å²) in [5.74, 6) is 0. The van der Waals surface area contributed by atoms with Crippen LogP contribution < -0.4 is 5.73 Å². The third-order valence-electron chi connectivity index (χ3n) is 2.13. The zero-order chi connectivity index (χ0) is 11.1. The van der Waals surface area contributed by atoms with E-state index in [4.69, 9.17) is 5.73 Å². The van der Waals surface area contributed by atoms with E-state index < -0.39 is 0 Å². The van der Waals surface area contributed by atoms with Crippen LogP contribution in [0.1, 0.15) is 20.8 Å². The quantitative estimate of drug-likeness (QED) is 0.673. The average Bonchev–Trinajstić information content (AvgIpc) is 2.22. The Morgan fingerprint density at radius 2 is 1.79 bits per heavy atom. The van der Waals surface area contributed by atoms with Crippen LogP contribution in [0.4, 0.5) is 0 Å². The molecule has 0 aromatic rings. The van der Waals surface area contributed by atoms with E-state index in [1.165, 1.54) is 0 Å². The molecule has 0 saturated carbocycles. The maximum Gasteiger partial charge on any atom is 0.0344 e. The lowest BCUT2D eigenvalue weighted by atomic mass is 9.97. The molecule has 0 rings (SSSR count). The summed E-state index contributed by atoms with van der Waals surface area (Å²) < 4.78 is 0. The first-order valence-electron chi connectivity index (χ1n) is 4.65. The van der Waals surface area contributed by atoms with E-state index in [0.717, 1.165) is 16.7 Å². The van der Waals surface area contributed by atoms with Gasteiger partial charge in [-0.1, -0.05) is 37.5 Å². The van der Waals surface area contributed by atoms with E-state index in [0.29, 0.717) is 5.70 Å². The minimum absolute atomic E-state index is 0.708. The first-order valence-corrected chi connectivity index (χ1v) is 4.65. The van der Waals surface area contributed by atoms with Gasteiger partial charge < -0.3 is 5.73 Å². The molecule has 0 radical (unpaired) electrons. The minimum Gasteiger partial charge on any atom is -0.399 e. The molecule has 0 aromatic carbocycles. The van der Waals surface area contributed by atoms with Crippen molar-refractivity contribution in [3.63, 3.8) is 0 Å². The molecule has 1 nitrogen and oxygen atoms in total. The molecule has 0 aromatic heterocycles. The molecule has 2 N–H and O–H groups in total. The Morgan fingerprint density at radius 1 is 1.21 bits per heavy atom. The highest BCUT2D eigenvalue weighted by atomic mass is 14.6. The first kappa shape index (κ1) is 12.5. The molecule has 76 valence electrons. The minimum atomic E-state index is 0.708. The van der Waals surface area contributed by atoms with Crippen LogP contribution in [0.3, 0.4) is 0 Å². The molecule has 1 heteroatoms. The van der Waals surface area contributed by atoms with Crippen LogP contribution in [0, 0.1) is 0 Å². The van der Waals surface area contributed by atoms with Crippen molar-refractivity contribution in [3.8, 4) is 0 Å². The van der Waals surface area contributed by atoms with Crippen molar-refractivity contribution in [3.05, 3.63) is 59.9 Å². The van der Waals surface area contributed by atoms with Crippen molar-refractivity contribution in [1.82, 2.24) is 0 Å². The normalized spacial score (nSPS) is 14.1. The number of rotatable bonds is 4.